The van der Waals surface area contributed by atoms with Crippen molar-refractivity contribution in [2.45, 2.75) is 32.6 Å². The molecule has 0 aliphatic heterocycles. The molecule has 0 rings (SSSR count). The van der Waals surface area contributed by atoms with Gasteiger partial charge >= 0.3 is 0 Å². The van der Waals surface area contributed by atoms with Crippen LogP contribution in [0.5, 0.6) is 0 Å². The van der Waals surface area contributed by atoms with Gasteiger partial charge in [0, 0.05) is 5.75 Å². The topological polar surface area (TPSA) is 57.2 Å². The highest BCUT2D eigenvalue weighted by Crippen LogP contribution is 2.14. The fourth-order valence-electron chi connectivity index (χ4n) is 0.940. The van der Waals surface area contributed by atoms with E-state index in [0.717, 1.165) is 0 Å². The molecule has 0 aliphatic carbocycles. The summed E-state index contributed by atoms with van der Waals surface area (Å²) in [6.07, 6.45) is -0.222. The van der Waals surface area contributed by atoms with E-state index in [0.29, 0.717) is 12.8 Å². The number of hydrogen-bond acceptors (Lipinski definition) is 3. The van der Waals surface area contributed by atoms with E-state index >= 15 is 0 Å². The average molecular weight is 227 g/mol. The van der Waals surface area contributed by atoms with Gasteiger partial charge in [-0.2, -0.15) is 8.78 Å². The van der Waals surface area contributed by atoms with E-state index in [1.807, 2.05) is 0 Å². The Labute approximate surface area is 82.6 Å². The molecule has 0 aliphatic rings. The van der Waals surface area contributed by atoms with Gasteiger partial charge in [0.2, 0.25) is 0 Å². The van der Waals surface area contributed by atoms with Gasteiger partial charge in [-0.1, -0.05) is 6.42 Å². The quantitative estimate of drug-likeness (QED) is 0.516. The number of allylic oxidation sites excluding steroid dienone is 1. The minimum Gasteiger partial charge on any atom is -0.748 e. The molecule has 0 radical (unpaired) electrons. The predicted molar refractivity (Wildman–Crippen MR) is 47.9 cm³/mol. The van der Waals surface area contributed by atoms with Crippen molar-refractivity contribution >= 4 is 10.1 Å². The second kappa shape index (κ2) is 6.08. The number of rotatable bonds is 6. The summed E-state index contributed by atoms with van der Waals surface area (Å²) in [5, 5.41) is 0. The summed E-state index contributed by atoms with van der Waals surface area (Å²) in [5.41, 5.74) is 0.0231. The summed E-state index contributed by atoms with van der Waals surface area (Å²) in [5.74, 6) is -0.409. The smallest absolute Gasteiger partial charge is 0.269 e. The first-order chi connectivity index (χ1) is 6.33. The summed E-state index contributed by atoms with van der Waals surface area (Å²) in [6.45, 7) is 1.33. The third kappa shape index (κ3) is 8.12. The van der Waals surface area contributed by atoms with Crippen LogP contribution in [0.1, 0.15) is 32.6 Å². The molecule has 0 atom stereocenters. The van der Waals surface area contributed by atoms with E-state index in [4.69, 9.17) is 0 Å². The second-order valence-corrected chi connectivity index (χ2v) is 4.64. The molecule has 3 nitrogen and oxygen atoms in total. The van der Waals surface area contributed by atoms with Crippen LogP contribution < -0.4 is 0 Å². The Bertz CT molecular complexity index is 292. The van der Waals surface area contributed by atoms with Crippen LogP contribution in [-0.2, 0) is 10.1 Å². The molecule has 0 saturated carbocycles. The van der Waals surface area contributed by atoms with Crippen molar-refractivity contribution in [1.82, 2.24) is 0 Å². The minimum atomic E-state index is -4.15. The molecule has 0 spiro atoms. The molecule has 0 unspecified atom stereocenters. The van der Waals surface area contributed by atoms with Gasteiger partial charge in [-0.15, -0.1) is 0 Å². The Morgan fingerprint density at radius 3 is 2.21 bits per heavy atom. The molecule has 0 amide bonds. The minimum absolute atomic E-state index is 0.0231. The van der Waals surface area contributed by atoms with Crippen molar-refractivity contribution < 1.29 is 21.8 Å². The van der Waals surface area contributed by atoms with E-state index in [1.54, 1.807) is 0 Å². The zero-order valence-electron chi connectivity index (χ0n) is 7.92. The zero-order chi connectivity index (χ0) is 11.2. The van der Waals surface area contributed by atoms with Gasteiger partial charge < -0.3 is 4.55 Å². The van der Waals surface area contributed by atoms with Gasteiger partial charge in [0.1, 0.15) is 0 Å². The van der Waals surface area contributed by atoms with Crippen molar-refractivity contribution in [1.29, 1.82) is 0 Å². The Balaban J connectivity index is 3.54. The third-order valence-corrected chi connectivity index (χ3v) is 2.56. The fraction of sp³-hybridized carbons (Fsp3) is 0.750. The van der Waals surface area contributed by atoms with Gasteiger partial charge in [0.05, 0.1) is 10.1 Å². The molecule has 0 aromatic rings. The largest absolute Gasteiger partial charge is 0.748 e. The first-order valence-electron chi connectivity index (χ1n) is 4.27. The fourth-order valence-corrected chi connectivity index (χ4v) is 1.50. The lowest BCUT2D eigenvalue weighted by Gasteiger charge is -2.05. The molecule has 0 aromatic carbocycles. The molecule has 0 heterocycles. The van der Waals surface area contributed by atoms with Gasteiger partial charge in [0.15, 0.2) is 0 Å². The van der Waals surface area contributed by atoms with Crippen LogP contribution in [0.2, 0.25) is 0 Å². The molecule has 0 N–H and O–H groups in total. The number of hydrogen-bond donors (Lipinski definition) is 0. The van der Waals surface area contributed by atoms with E-state index in [-0.39, 0.29) is 18.4 Å². The van der Waals surface area contributed by atoms with Crippen molar-refractivity contribution in [3.05, 3.63) is 11.7 Å². The molecule has 0 bridgehead atoms. The maximum atomic E-state index is 11.9. The molecule has 0 saturated heterocycles. The lowest BCUT2D eigenvalue weighted by molar-refractivity contribution is 0.406. The second-order valence-electron chi connectivity index (χ2n) is 3.11. The lowest BCUT2D eigenvalue weighted by atomic mass is 10.1. The molecule has 84 valence electrons. The van der Waals surface area contributed by atoms with Crippen molar-refractivity contribution in [2.75, 3.05) is 5.75 Å². The van der Waals surface area contributed by atoms with Crippen molar-refractivity contribution in [3.63, 3.8) is 0 Å². The highest BCUT2D eigenvalue weighted by molar-refractivity contribution is 7.85. The average Bonchev–Trinajstić information content (AvgIpc) is 2.01. The highest BCUT2D eigenvalue weighted by atomic mass is 32.2. The van der Waals surface area contributed by atoms with Crippen LogP contribution in [0.3, 0.4) is 0 Å². The summed E-state index contributed by atoms with van der Waals surface area (Å²) in [6, 6.07) is 0. The van der Waals surface area contributed by atoms with Crippen molar-refractivity contribution in [3.8, 4) is 0 Å². The maximum Gasteiger partial charge on any atom is 0.269 e. The Morgan fingerprint density at radius 1 is 1.21 bits per heavy atom. The molecular formula is C8H13F2O3S-. The first kappa shape index (κ1) is 13.5. The summed E-state index contributed by atoms with van der Waals surface area (Å²) in [7, 11) is -4.15. The number of unbranched alkanes of at least 4 members (excludes halogenated alkanes) is 2. The standard InChI is InChI=1S/C8H14F2O3S/c1-7(8(9)10)5-3-2-4-6-14(11,12)13/h2-6H2,1H3,(H,11,12,13)/p-1. The van der Waals surface area contributed by atoms with Crippen LogP contribution in [0.25, 0.3) is 0 Å². The molecule has 14 heavy (non-hydrogen) atoms. The van der Waals surface area contributed by atoms with Crippen LogP contribution >= 0.6 is 0 Å². The molecule has 0 fully saturated rings. The van der Waals surface area contributed by atoms with E-state index in [1.165, 1.54) is 6.92 Å². The Morgan fingerprint density at radius 2 is 1.79 bits per heavy atom. The normalized spacial score (nSPS) is 11.4. The van der Waals surface area contributed by atoms with Crippen molar-refractivity contribution in [2.24, 2.45) is 0 Å². The van der Waals surface area contributed by atoms with Crippen LogP contribution in [0, 0.1) is 0 Å². The highest BCUT2D eigenvalue weighted by Gasteiger charge is 2.00. The van der Waals surface area contributed by atoms with Gasteiger partial charge in [-0.05, 0) is 31.8 Å². The molecule has 0 aromatic heterocycles. The molecule has 6 heteroatoms. The van der Waals surface area contributed by atoms with Crippen LogP contribution in [-0.4, -0.2) is 18.7 Å². The first-order valence-corrected chi connectivity index (χ1v) is 5.85. The summed E-state index contributed by atoms with van der Waals surface area (Å²) in [4.78, 5) is 0. The summed E-state index contributed by atoms with van der Waals surface area (Å²) < 4.78 is 54.2. The number of halogens is 2. The Hall–Kier alpha value is -0.490. The monoisotopic (exact) mass is 227 g/mol. The van der Waals surface area contributed by atoms with Gasteiger partial charge in [-0.25, -0.2) is 8.42 Å². The zero-order valence-corrected chi connectivity index (χ0v) is 8.74. The predicted octanol–water partition coefficient (Wildman–Crippen LogP) is 2.26. The van der Waals surface area contributed by atoms with E-state index < -0.39 is 22.0 Å². The van der Waals surface area contributed by atoms with E-state index in [2.05, 4.69) is 0 Å². The van der Waals surface area contributed by atoms with Crippen LogP contribution in [0.15, 0.2) is 11.7 Å². The maximum absolute atomic E-state index is 11.9. The SMILES string of the molecule is CC(CCCCCS(=O)(=O)[O-])=C(F)F. The van der Waals surface area contributed by atoms with E-state index in [9.17, 15) is 21.8 Å². The van der Waals surface area contributed by atoms with Crippen LogP contribution in [0.4, 0.5) is 8.78 Å². The van der Waals surface area contributed by atoms with Gasteiger partial charge in [0.25, 0.3) is 6.08 Å². The van der Waals surface area contributed by atoms with Gasteiger partial charge in [-0.3, -0.25) is 0 Å². The summed E-state index contributed by atoms with van der Waals surface area (Å²) >= 11 is 0. The lowest BCUT2D eigenvalue weighted by Crippen LogP contribution is -2.03. The Kier molecular flexibility index (Phi) is 5.87. The third-order valence-electron chi connectivity index (χ3n) is 1.77. The molecular weight excluding hydrogens is 214 g/mol.